The Labute approximate surface area is 167 Å². The second-order valence-electron chi connectivity index (χ2n) is 8.90. The summed E-state index contributed by atoms with van der Waals surface area (Å²) in [7, 11) is 1.25. The average molecular weight is 384 g/mol. The van der Waals surface area contributed by atoms with Gasteiger partial charge in [0.1, 0.15) is 5.82 Å². The number of fused-ring (bicyclic) bond motifs is 1. The van der Waals surface area contributed by atoms with Gasteiger partial charge in [-0.1, -0.05) is 33.8 Å². The van der Waals surface area contributed by atoms with Crippen molar-refractivity contribution >= 4 is 17.3 Å². The van der Waals surface area contributed by atoms with Crippen molar-refractivity contribution < 1.29 is 13.9 Å². The van der Waals surface area contributed by atoms with Crippen molar-refractivity contribution in [1.82, 2.24) is 0 Å². The molecule has 3 rings (SSSR count). The van der Waals surface area contributed by atoms with Crippen molar-refractivity contribution in [2.45, 2.75) is 58.3 Å². The molecule has 1 aliphatic carbocycles. The molecule has 28 heavy (non-hydrogen) atoms. The first-order valence-corrected chi connectivity index (χ1v) is 9.91. The Hall–Kier alpha value is -2.36. The van der Waals surface area contributed by atoms with Gasteiger partial charge in [0.15, 0.2) is 0 Å². The number of anilines is 2. The lowest BCUT2D eigenvalue weighted by molar-refractivity contribution is 0.0595. The third-order valence-corrected chi connectivity index (χ3v) is 6.13. The maximum Gasteiger partial charge on any atom is 0.340 e. The van der Waals surface area contributed by atoms with Crippen LogP contribution in [0.1, 0.15) is 68.9 Å². The number of ether oxygens (including phenoxy) is 1. The van der Waals surface area contributed by atoms with Crippen LogP contribution < -0.4 is 4.90 Å². The molecule has 4 heteroatoms. The number of esters is 1. The highest BCUT2D eigenvalue weighted by atomic mass is 19.1. The highest BCUT2D eigenvalue weighted by molar-refractivity contribution is 5.90. The molecule has 0 N–H and O–H groups in total. The van der Waals surface area contributed by atoms with E-state index in [-0.39, 0.29) is 16.4 Å². The Balaban J connectivity index is 2.05. The number of nitrogens with zero attached hydrogens (tertiary/aromatic N) is 1. The van der Waals surface area contributed by atoms with Gasteiger partial charge < -0.3 is 9.64 Å². The number of carbonyl (C=O) groups excluding carboxylic acids is 1. The van der Waals surface area contributed by atoms with Crippen LogP contribution in [0.2, 0.25) is 0 Å². The Morgan fingerprint density at radius 2 is 1.57 bits per heavy atom. The van der Waals surface area contributed by atoms with E-state index < -0.39 is 11.8 Å². The molecule has 1 aliphatic rings. The van der Waals surface area contributed by atoms with E-state index in [1.54, 1.807) is 6.07 Å². The molecule has 0 unspecified atom stereocenters. The standard InChI is InChI=1S/C24H30FNO2/c1-7-26(17-8-10-18(21(25)15-17)22(27)28-6)16-9-11-19-20(14-16)24(4,5)13-12-23(19,2)3/h8-11,14-15H,7,12-13H2,1-6H3. The molecule has 0 fully saturated rings. The first-order chi connectivity index (χ1) is 13.1. The van der Waals surface area contributed by atoms with Crippen LogP contribution in [0.15, 0.2) is 36.4 Å². The minimum absolute atomic E-state index is 0.0457. The predicted octanol–water partition coefficient (Wildman–Crippen LogP) is 6.12. The molecule has 0 heterocycles. The molecule has 3 nitrogen and oxygen atoms in total. The molecule has 150 valence electrons. The third-order valence-electron chi connectivity index (χ3n) is 6.13. The molecule has 2 aromatic carbocycles. The highest BCUT2D eigenvalue weighted by Gasteiger charge is 2.37. The first-order valence-electron chi connectivity index (χ1n) is 9.91. The number of benzene rings is 2. The van der Waals surface area contributed by atoms with Crippen LogP contribution in [0.5, 0.6) is 0 Å². The molecule has 2 aromatic rings. The number of hydrogen-bond donors (Lipinski definition) is 0. The van der Waals surface area contributed by atoms with Gasteiger partial charge in [-0.15, -0.1) is 0 Å². The SMILES string of the molecule is CCN(c1ccc(C(=O)OC)c(F)c1)c1ccc2c(c1)C(C)(C)CCC2(C)C. The molecule has 0 aliphatic heterocycles. The Morgan fingerprint density at radius 1 is 1.00 bits per heavy atom. The van der Waals surface area contributed by atoms with Crippen LogP contribution in [-0.2, 0) is 15.6 Å². The van der Waals surface area contributed by atoms with E-state index in [1.165, 1.54) is 36.8 Å². The topological polar surface area (TPSA) is 29.5 Å². The molecule has 0 bridgehead atoms. The molecule has 0 amide bonds. The minimum Gasteiger partial charge on any atom is -0.465 e. The quantitative estimate of drug-likeness (QED) is 0.596. The van der Waals surface area contributed by atoms with E-state index in [0.29, 0.717) is 6.54 Å². The Kier molecular flexibility index (Phi) is 5.26. The lowest BCUT2D eigenvalue weighted by Crippen LogP contribution is -2.34. The number of hydrogen-bond acceptors (Lipinski definition) is 3. The lowest BCUT2D eigenvalue weighted by atomic mass is 9.63. The number of halogens is 1. The van der Waals surface area contributed by atoms with Crippen LogP contribution in [0.3, 0.4) is 0 Å². The van der Waals surface area contributed by atoms with Gasteiger partial charge in [0, 0.05) is 17.9 Å². The van der Waals surface area contributed by atoms with E-state index in [4.69, 9.17) is 0 Å². The molecule has 0 aromatic heterocycles. The monoisotopic (exact) mass is 383 g/mol. The fourth-order valence-corrected chi connectivity index (χ4v) is 4.21. The van der Waals surface area contributed by atoms with Crippen molar-refractivity contribution in [3.05, 3.63) is 58.9 Å². The van der Waals surface area contributed by atoms with Gasteiger partial charge in [-0.3, -0.25) is 0 Å². The van der Waals surface area contributed by atoms with Gasteiger partial charge in [0.25, 0.3) is 0 Å². The van der Waals surface area contributed by atoms with Crippen LogP contribution in [-0.4, -0.2) is 19.6 Å². The maximum atomic E-state index is 14.5. The smallest absolute Gasteiger partial charge is 0.340 e. The molecular weight excluding hydrogens is 353 g/mol. The zero-order chi connectivity index (χ0) is 20.7. The van der Waals surface area contributed by atoms with Crippen molar-refractivity contribution in [3.63, 3.8) is 0 Å². The molecule has 0 saturated carbocycles. The summed E-state index contributed by atoms with van der Waals surface area (Å²) in [5, 5.41) is 0. The lowest BCUT2D eigenvalue weighted by Gasteiger charge is -2.42. The maximum absolute atomic E-state index is 14.5. The summed E-state index contributed by atoms with van der Waals surface area (Å²) in [6.45, 7) is 11.9. The van der Waals surface area contributed by atoms with Crippen molar-refractivity contribution in [1.29, 1.82) is 0 Å². The predicted molar refractivity (Wildman–Crippen MR) is 112 cm³/mol. The second kappa shape index (κ2) is 7.23. The number of methoxy groups -OCH3 is 1. The van der Waals surface area contributed by atoms with Gasteiger partial charge in [-0.05, 0) is 72.1 Å². The third kappa shape index (κ3) is 3.52. The summed E-state index contributed by atoms with van der Waals surface area (Å²) in [6.07, 6.45) is 2.31. The van der Waals surface area contributed by atoms with Gasteiger partial charge in [0.2, 0.25) is 0 Å². The minimum atomic E-state index is -0.662. The summed E-state index contributed by atoms with van der Waals surface area (Å²) in [5.74, 6) is -1.23. The van der Waals surface area contributed by atoms with Crippen molar-refractivity contribution in [2.75, 3.05) is 18.6 Å². The van der Waals surface area contributed by atoms with Gasteiger partial charge in [0.05, 0.1) is 12.7 Å². The Morgan fingerprint density at radius 3 is 2.14 bits per heavy atom. The fraction of sp³-hybridized carbons (Fsp3) is 0.458. The van der Waals surface area contributed by atoms with Crippen molar-refractivity contribution in [3.8, 4) is 0 Å². The largest absolute Gasteiger partial charge is 0.465 e. The van der Waals surface area contributed by atoms with E-state index in [1.807, 2.05) is 6.92 Å². The zero-order valence-electron chi connectivity index (χ0n) is 17.7. The molecule has 0 atom stereocenters. The van der Waals surface area contributed by atoms with Gasteiger partial charge >= 0.3 is 5.97 Å². The second-order valence-corrected chi connectivity index (χ2v) is 8.90. The van der Waals surface area contributed by atoms with E-state index >= 15 is 0 Å². The van der Waals surface area contributed by atoms with Gasteiger partial charge in [-0.2, -0.15) is 0 Å². The summed E-state index contributed by atoms with van der Waals surface area (Å²) < 4.78 is 19.1. The first kappa shape index (κ1) is 20.4. The fourth-order valence-electron chi connectivity index (χ4n) is 4.21. The highest BCUT2D eigenvalue weighted by Crippen LogP contribution is 2.47. The van der Waals surface area contributed by atoms with E-state index in [0.717, 1.165) is 17.8 Å². The molecular formula is C24H30FNO2. The number of carbonyl (C=O) groups is 1. The molecule has 0 saturated heterocycles. The molecule has 0 radical (unpaired) electrons. The summed E-state index contributed by atoms with van der Waals surface area (Å²) in [4.78, 5) is 13.7. The van der Waals surface area contributed by atoms with Gasteiger partial charge in [-0.25, -0.2) is 9.18 Å². The summed E-state index contributed by atoms with van der Waals surface area (Å²) >= 11 is 0. The Bertz CT molecular complexity index is 901. The van der Waals surface area contributed by atoms with Crippen LogP contribution >= 0.6 is 0 Å². The normalized spacial score (nSPS) is 17.0. The van der Waals surface area contributed by atoms with Crippen LogP contribution in [0.25, 0.3) is 0 Å². The average Bonchev–Trinajstić information content (AvgIpc) is 2.66. The zero-order valence-corrected chi connectivity index (χ0v) is 17.7. The molecule has 0 spiro atoms. The number of rotatable bonds is 4. The van der Waals surface area contributed by atoms with Crippen molar-refractivity contribution in [2.24, 2.45) is 0 Å². The summed E-state index contributed by atoms with van der Waals surface area (Å²) in [5.41, 5.74) is 4.75. The van der Waals surface area contributed by atoms with Crippen LogP contribution in [0.4, 0.5) is 15.8 Å². The van der Waals surface area contributed by atoms with E-state index in [2.05, 4.69) is 55.5 Å². The summed E-state index contributed by atoms with van der Waals surface area (Å²) in [6, 6.07) is 11.3. The van der Waals surface area contributed by atoms with Crippen LogP contribution in [0, 0.1) is 5.82 Å². The van der Waals surface area contributed by atoms with E-state index in [9.17, 15) is 9.18 Å².